The summed E-state index contributed by atoms with van der Waals surface area (Å²) in [6.45, 7) is 5.36. The van der Waals surface area contributed by atoms with Crippen molar-refractivity contribution in [1.29, 1.82) is 0 Å². The van der Waals surface area contributed by atoms with Crippen LogP contribution >= 0.6 is 0 Å². The van der Waals surface area contributed by atoms with Crippen LogP contribution in [0, 0.1) is 6.92 Å². The number of nitrogens with zero attached hydrogens (tertiary/aromatic N) is 2. The van der Waals surface area contributed by atoms with Crippen LogP contribution in [0.15, 0.2) is 79.0 Å². The number of hydrogen-bond acceptors (Lipinski definition) is 5. The molecule has 0 atom stereocenters. The first-order chi connectivity index (χ1) is 20.4. The number of carbonyl (C=O) groups excluding carboxylic acids is 3. The van der Waals surface area contributed by atoms with E-state index in [0.29, 0.717) is 30.8 Å². The van der Waals surface area contributed by atoms with E-state index in [4.69, 9.17) is 9.47 Å². The molecular formula is C33H38N4O5. The number of H-pyrrole nitrogens is 1. The predicted molar refractivity (Wildman–Crippen MR) is 163 cm³/mol. The fourth-order valence-electron chi connectivity index (χ4n) is 4.62. The number of ether oxygens (including phenoxy) is 2. The Hall–Kier alpha value is -4.63. The lowest BCUT2D eigenvalue weighted by Crippen LogP contribution is -2.46. The number of fused-ring (bicyclic) bond motifs is 1. The highest BCUT2D eigenvalue weighted by Crippen LogP contribution is 2.19. The van der Waals surface area contributed by atoms with Crippen LogP contribution in [-0.2, 0) is 27.2 Å². The molecule has 0 unspecified atom stereocenters. The lowest BCUT2D eigenvalue weighted by Gasteiger charge is -2.28. The minimum Gasteiger partial charge on any atom is -0.462 e. The first kappa shape index (κ1) is 30.3. The molecule has 0 radical (unpaired) electrons. The summed E-state index contributed by atoms with van der Waals surface area (Å²) >= 11 is 0. The van der Waals surface area contributed by atoms with Crippen LogP contribution in [0.5, 0.6) is 0 Å². The van der Waals surface area contributed by atoms with Gasteiger partial charge in [-0.05, 0) is 61.7 Å². The van der Waals surface area contributed by atoms with Crippen molar-refractivity contribution in [2.24, 2.45) is 0 Å². The minimum absolute atomic E-state index is 0.115. The number of carbonyl (C=O) groups is 3. The average Bonchev–Trinajstić information content (AvgIpc) is 3.41. The third-order valence-corrected chi connectivity index (χ3v) is 7.00. The Balaban J connectivity index is 1.48. The number of methoxy groups -OCH3 is 1. The SMILES string of the molecule is CCOC(=O)c1ccc(NC(=O)N(CCOC)CC(=O)N(CCc2c[nH]c3ccccc23)Cc2ccc(C)cc2)cc1. The van der Waals surface area contributed by atoms with E-state index in [2.05, 4.69) is 16.4 Å². The number of aryl methyl sites for hydroxylation is 1. The minimum atomic E-state index is -0.434. The van der Waals surface area contributed by atoms with Gasteiger partial charge in [-0.1, -0.05) is 48.0 Å². The van der Waals surface area contributed by atoms with Gasteiger partial charge in [0.1, 0.15) is 6.54 Å². The molecule has 0 bridgehead atoms. The molecule has 4 rings (SSSR count). The van der Waals surface area contributed by atoms with Crippen molar-refractivity contribution in [1.82, 2.24) is 14.8 Å². The Morgan fingerprint density at radius 3 is 2.36 bits per heavy atom. The van der Waals surface area contributed by atoms with E-state index in [0.717, 1.165) is 27.6 Å². The van der Waals surface area contributed by atoms with E-state index in [1.807, 2.05) is 55.6 Å². The maximum Gasteiger partial charge on any atom is 0.338 e. The molecule has 42 heavy (non-hydrogen) atoms. The number of aromatic nitrogens is 1. The molecule has 2 N–H and O–H groups in total. The highest BCUT2D eigenvalue weighted by Gasteiger charge is 2.22. The molecule has 3 aromatic carbocycles. The second kappa shape index (κ2) is 14.8. The zero-order chi connectivity index (χ0) is 29.9. The van der Waals surface area contributed by atoms with Crippen LogP contribution in [0.2, 0.25) is 0 Å². The van der Waals surface area contributed by atoms with Crippen LogP contribution in [0.3, 0.4) is 0 Å². The number of nitrogens with one attached hydrogen (secondary N) is 2. The second-order valence-corrected chi connectivity index (χ2v) is 10.1. The molecule has 220 valence electrons. The van der Waals surface area contributed by atoms with Crippen molar-refractivity contribution >= 4 is 34.5 Å². The van der Waals surface area contributed by atoms with E-state index in [1.165, 1.54) is 4.90 Å². The van der Waals surface area contributed by atoms with Crippen molar-refractivity contribution in [3.8, 4) is 0 Å². The fourth-order valence-corrected chi connectivity index (χ4v) is 4.62. The molecule has 0 aliphatic rings. The fraction of sp³-hybridized carbons (Fsp3) is 0.303. The highest BCUT2D eigenvalue weighted by atomic mass is 16.5. The van der Waals surface area contributed by atoms with Gasteiger partial charge in [0.2, 0.25) is 5.91 Å². The molecule has 9 nitrogen and oxygen atoms in total. The normalized spacial score (nSPS) is 10.8. The van der Waals surface area contributed by atoms with Gasteiger partial charge in [0.05, 0.1) is 18.8 Å². The van der Waals surface area contributed by atoms with Crippen molar-refractivity contribution < 1.29 is 23.9 Å². The number of aromatic amines is 1. The predicted octanol–water partition coefficient (Wildman–Crippen LogP) is 5.40. The number of anilines is 1. The summed E-state index contributed by atoms with van der Waals surface area (Å²) in [6, 6.07) is 22.2. The molecule has 0 spiro atoms. The van der Waals surface area contributed by atoms with Gasteiger partial charge >= 0.3 is 12.0 Å². The maximum atomic E-state index is 13.8. The van der Waals surface area contributed by atoms with Gasteiger partial charge in [0.15, 0.2) is 0 Å². The number of hydrogen-bond donors (Lipinski definition) is 2. The van der Waals surface area contributed by atoms with E-state index < -0.39 is 12.0 Å². The molecule has 4 aromatic rings. The molecule has 0 aliphatic heterocycles. The number of esters is 1. The van der Waals surface area contributed by atoms with Crippen LogP contribution in [0.1, 0.15) is 34.0 Å². The third kappa shape index (κ3) is 8.20. The van der Waals surface area contributed by atoms with Gasteiger partial charge in [-0.2, -0.15) is 0 Å². The highest BCUT2D eigenvalue weighted by molar-refractivity contribution is 5.94. The molecule has 0 fully saturated rings. The number of para-hydroxylation sites is 1. The summed E-state index contributed by atoms with van der Waals surface area (Å²) in [5.74, 6) is -0.594. The van der Waals surface area contributed by atoms with Crippen molar-refractivity contribution in [2.45, 2.75) is 26.8 Å². The van der Waals surface area contributed by atoms with Crippen LogP contribution in [0.25, 0.3) is 10.9 Å². The smallest absolute Gasteiger partial charge is 0.338 e. The van der Waals surface area contributed by atoms with Crippen molar-refractivity contribution in [2.75, 3.05) is 45.3 Å². The summed E-state index contributed by atoms with van der Waals surface area (Å²) < 4.78 is 10.2. The molecule has 9 heteroatoms. The van der Waals surface area contributed by atoms with E-state index in [1.54, 1.807) is 43.2 Å². The van der Waals surface area contributed by atoms with Gasteiger partial charge < -0.3 is 29.6 Å². The zero-order valence-electron chi connectivity index (χ0n) is 24.4. The van der Waals surface area contributed by atoms with Crippen molar-refractivity contribution in [3.63, 3.8) is 0 Å². The standard InChI is InChI=1S/C33H38N4O5/c1-4-42-32(39)26-13-15-28(16-14-26)35-33(40)37(19-20-41-3)23-31(38)36(22-25-11-9-24(2)10-12-25)18-17-27-21-34-30-8-6-5-7-29(27)30/h5-16,21,34H,4,17-20,22-23H2,1-3H3,(H,35,40). The maximum absolute atomic E-state index is 13.8. The Morgan fingerprint density at radius 2 is 1.64 bits per heavy atom. The van der Waals surface area contributed by atoms with E-state index >= 15 is 0 Å². The number of urea groups is 1. The zero-order valence-corrected chi connectivity index (χ0v) is 24.4. The molecule has 0 aliphatic carbocycles. The van der Waals surface area contributed by atoms with Gasteiger partial charge in [-0.15, -0.1) is 0 Å². The molecular weight excluding hydrogens is 532 g/mol. The number of rotatable bonds is 13. The van der Waals surface area contributed by atoms with E-state index in [9.17, 15) is 14.4 Å². The lowest BCUT2D eigenvalue weighted by molar-refractivity contribution is -0.132. The van der Waals surface area contributed by atoms with Crippen LogP contribution < -0.4 is 5.32 Å². The van der Waals surface area contributed by atoms with Crippen LogP contribution in [0.4, 0.5) is 10.5 Å². The summed E-state index contributed by atoms with van der Waals surface area (Å²) in [4.78, 5) is 45.5. The Morgan fingerprint density at radius 1 is 0.905 bits per heavy atom. The second-order valence-electron chi connectivity index (χ2n) is 10.1. The molecule has 0 saturated heterocycles. The topological polar surface area (TPSA) is 104 Å². The van der Waals surface area contributed by atoms with Crippen molar-refractivity contribution in [3.05, 3.63) is 101 Å². The number of amides is 3. The monoisotopic (exact) mass is 570 g/mol. The Kier molecular flexibility index (Phi) is 10.7. The van der Waals surface area contributed by atoms with Crippen LogP contribution in [-0.4, -0.2) is 72.6 Å². The van der Waals surface area contributed by atoms with Gasteiger partial charge in [-0.3, -0.25) is 4.79 Å². The molecule has 1 aromatic heterocycles. The largest absolute Gasteiger partial charge is 0.462 e. The third-order valence-electron chi connectivity index (χ3n) is 7.00. The Bertz CT molecular complexity index is 1480. The first-order valence-electron chi connectivity index (χ1n) is 14.1. The molecule has 0 saturated carbocycles. The lowest BCUT2D eigenvalue weighted by atomic mass is 10.1. The van der Waals surface area contributed by atoms with Gasteiger partial charge in [0, 0.05) is 49.5 Å². The average molecular weight is 571 g/mol. The first-order valence-corrected chi connectivity index (χ1v) is 14.1. The Labute approximate surface area is 246 Å². The summed E-state index contributed by atoms with van der Waals surface area (Å²) in [5, 5.41) is 3.96. The quantitative estimate of drug-likeness (QED) is 0.209. The molecule has 1 heterocycles. The number of benzene rings is 3. The summed E-state index contributed by atoms with van der Waals surface area (Å²) in [6.07, 6.45) is 2.66. The molecule has 3 amide bonds. The van der Waals surface area contributed by atoms with E-state index in [-0.39, 0.29) is 32.2 Å². The summed E-state index contributed by atoms with van der Waals surface area (Å²) in [5.41, 5.74) is 5.24. The summed E-state index contributed by atoms with van der Waals surface area (Å²) in [7, 11) is 1.55. The van der Waals surface area contributed by atoms with Gasteiger partial charge in [-0.25, -0.2) is 9.59 Å². The van der Waals surface area contributed by atoms with Gasteiger partial charge in [0.25, 0.3) is 0 Å².